The monoisotopic (exact) mass is 189 g/mol. The Morgan fingerprint density at radius 2 is 2.00 bits per heavy atom. The van der Waals surface area contributed by atoms with E-state index in [1.54, 1.807) is 0 Å². The molecule has 1 fully saturated rings. The van der Waals surface area contributed by atoms with E-state index in [0.717, 1.165) is 5.92 Å². The van der Waals surface area contributed by atoms with Crippen LogP contribution in [0.15, 0.2) is 24.3 Å². The van der Waals surface area contributed by atoms with Gasteiger partial charge in [-0.2, -0.15) is 0 Å². The lowest BCUT2D eigenvalue weighted by atomic mass is 9.92. The number of hydrogen-bond donors (Lipinski definition) is 1. The molecule has 1 unspecified atom stereocenters. The highest BCUT2D eigenvalue weighted by Gasteiger charge is 2.22. The number of rotatable bonds is 2. The Morgan fingerprint density at radius 3 is 2.64 bits per heavy atom. The molecule has 0 aromatic heterocycles. The first-order valence-corrected chi connectivity index (χ1v) is 5.59. The fourth-order valence-corrected chi connectivity index (χ4v) is 2.47. The summed E-state index contributed by atoms with van der Waals surface area (Å²) in [5.74, 6) is 0.719. The van der Waals surface area contributed by atoms with Crippen molar-refractivity contribution < 1.29 is 0 Å². The Hall–Kier alpha value is -0.820. The summed E-state index contributed by atoms with van der Waals surface area (Å²) < 4.78 is 0. The van der Waals surface area contributed by atoms with Crippen molar-refractivity contribution in [3.8, 4) is 0 Å². The number of aryl methyl sites for hydroxylation is 1. The Bertz CT molecular complexity index is 300. The van der Waals surface area contributed by atoms with E-state index < -0.39 is 0 Å². The van der Waals surface area contributed by atoms with Gasteiger partial charge >= 0.3 is 0 Å². The molecule has 2 rings (SSSR count). The molecule has 1 atom stereocenters. The van der Waals surface area contributed by atoms with E-state index in [-0.39, 0.29) is 6.04 Å². The third-order valence-electron chi connectivity index (χ3n) is 3.33. The lowest BCUT2D eigenvalue weighted by molar-refractivity contribution is 0.445. The van der Waals surface area contributed by atoms with E-state index in [9.17, 15) is 0 Å². The lowest BCUT2D eigenvalue weighted by Gasteiger charge is -2.19. The van der Waals surface area contributed by atoms with Crippen molar-refractivity contribution in [1.82, 2.24) is 0 Å². The molecule has 1 aliphatic rings. The molecule has 0 spiro atoms. The van der Waals surface area contributed by atoms with Crippen molar-refractivity contribution in [2.45, 2.75) is 38.6 Å². The van der Waals surface area contributed by atoms with E-state index in [4.69, 9.17) is 5.73 Å². The van der Waals surface area contributed by atoms with E-state index in [0.29, 0.717) is 0 Å². The summed E-state index contributed by atoms with van der Waals surface area (Å²) in [6.07, 6.45) is 5.36. The van der Waals surface area contributed by atoms with E-state index in [2.05, 4.69) is 31.2 Å². The third-order valence-corrected chi connectivity index (χ3v) is 3.33. The van der Waals surface area contributed by atoms with Crippen molar-refractivity contribution in [3.63, 3.8) is 0 Å². The predicted octanol–water partition coefficient (Wildman–Crippen LogP) is 3.19. The number of benzene rings is 1. The highest BCUT2D eigenvalue weighted by molar-refractivity contribution is 5.25. The summed E-state index contributed by atoms with van der Waals surface area (Å²) in [6, 6.07) is 8.89. The zero-order chi connectivity index (χ0) is 9.97. The Labute approximate surface area is 86.3 Å². The van der Waals surface area contributed by atoms with Gasteiger partial charge in [-0.3, -0.25) is 0 Å². The molecular weight excluding hydrogens is 170 g/mol. The molecule has 1 aromatic carbocycles. The molecular formula is C13H19N. The van der Waals surface area contributed by atoms with Crippen LogP contribution in [0.25, 0.3) is 0 Å². The summed E-state index contributed by atoms with van der Waals surface area (Å²) >= 11 is 0. The van der Waals surface area contributed by atoms with Crippen LogP contribution in [0.4, 0.5) is 0 Å². The van der Waals surface area contributed by atoms with Gasteiger partial charge in [0.05, 0.1) is 0 Å². The molecule has 14 heavy (non-hydrogen) atoms. The average Bonchev–Trinajstić information content (AvgIpc) is 2.69. The van der Waals surface area contributed by atoms with Crippen molar-refractivity contribution in [2.75, 3.05) is 0 Å². The van der Waals surface area contributed by atoms with Crippen LogP contribution in [0.3, 0.4) is 0 Å². The van der Waals surface area contributed by atoms with Gasteiger partial charge in [-0.25, -0.2) is 0 Å². The van der Waals surface area contributed by atoms with E-state index in [1.807, 2.05) is 0 Å². The molecule has 1 heteroatoms. The van der Waals surface area contributed by atoms with Gasteiger partial charge in [0.2, 0.25) is 0 Å². The fourth-order valence-electron chi connectivity index (χ4n) is 2.47. The second-order valence-corrected chi connectivity index (χ2v) is 4.48. The summed E-state index contributed by atoms with van der Waals surface area (Å²) in [5.41, 5.74) is 8.90. The minimum Gasteiger partial charge on any atom is -0.324 e. The van der Waals surface area contributed by atoms with Crippen LogP contribution in [0.5, 0.6) is 0 Å². The Kier molecular flexibility index (Phi) is 2.87. The molecule has 1 saturated carbocycles. The van der Waals surface area contributed by atoms with Crippen LogP contribution >= 0.6 is 0 Å². The Balaban J connectivity index is 2.13. The maximum absolute atomic E-state index is 6.27. The topological polar surface area (TPSA) is 26.0 Å². The lowest BCUT2D eigenvalue weighted by Crippen LogP contribution is -2.19. The van der Waals surface area contributed by atoms with Crippen LogP contribution in [-0.4, -0.2) is 0 Å². The summed E-state index contributed by atoms with van der Waals surface area (Å²) in [7, 11) is 0. The van der Waals surface area contributed by atoms with Gasteiger partial charge in [0, 0.05) is 6.04 Å². The van der Waals surface area contributed by atoms with Gasteiger partial charge < -0.3 is 5.73 Å². The van der Waals surface area contributed by atoms with Crippen LogP contribution in [0.2, 0.25) is 0 Å². The zero-order valence-corrected chi connectivity index (χ0v) is 8.87. The molecule has 0 amide bonds. The van der Waals surface area contributed by atoms with Crippen LogP contribution in [-0.2, 0) is 0 Å². The fraction of sp³-hybridized carbons (Fsp3) is 0.538. The van der Waals surface area contributed by atoms with Crippen LogP contribution in [0, 0.1) is 12.8 Å². The molecule has 2 N–H and O–H groups in total. The molecule has 1 aliphatic carbocycles. The van der Waals surface area contributed by atoms with Gasteiger partial charge in [-0.1, -0.05) is 42.7 Å². The zero-order valence-electron chi connectivity index (χ0n) is 8.87. The van der Waals surface area contributed by atoms with Crippen molar-refractivity contribution in [3.05, 3.63) is 35.4 Å². The van der Waals surface area contributed by atoms with Gasteiger partial charge in [-0.05, 0) is 31.2 Å². The van der Waals surface area contributed by atoms with E-state index in [1.165, 1.54) is 36.8 Å². The van der Waals surface area contributed by atoms with Crippen molar-refractivity contribution in [1.29, 1.82) is 0 Å². The molecule has 1 nitrogen and oxygen atoms in total. The second-order valence-electron chi connectivity index (χ2n) is 4.48. The van der Waals surface area contributed by atoms with Crippen LogP contribution in [0.1, 0.15) is 42.9 Å². The molecule has 0 bridgehead atoms. The summed E-state index contributed by atoms with van der Waals surface area (Å²) in [5, 5.41) is 0. The first kappa shape index (κ1) is 9.72. The standard InChI is InChI=1S/C13H19N/c1-10-5-4-8-12(9-10)13(14)11-6-2-3-7-11/h4-5,8-9,11,13H,2-3,6-7,14H2,1H3. The minimum atomic E-state index is 0.261. The molecule has 0 saturated heterocycles. The number of nitrogens with two attached hydrogens (primary N) is 1. The second kappa shape index (κ2) is 4.14. The van der Waals surface area contributed by atoms with Gasteiger partial charge in [0.1, 0.15) is 0 Å². The third kappa shape index (κ3) is 1.98. The minimum absolute atomic E-state index is 0.261. The van der Waals surface area contributed by atoms with Crippen molar-refractivity contribution in [2.24, 2.45) is 11.7 Å². The quantitative estimate of drug-likeness (QED) is 0.759. The normalized spacial score (nSPS) is 19.9. The van der Waals surface area contributed by atoms with Crippen molar-refractivity contribution >= 4 is 0 Å². The first-order valence-electron chi connectivity index (χ1n) is 5.59. The molecule has 0 radical (unpaired) electrons. The van der Waals surface area contributed by atoms with Crippen LogP contribution < -0.4 is 5.73 Å². The molecule has 1 aromatic rings. The summed E-state index contributed by atoms with van der Waals surface area (Å²) in [4.78, 5) is 0. The summed E-state index contributed by atoms with van der Waals surface area (Å²) in [6.45, 7) is 2.13. The van der Waals surface area contributed by atoms with Gasteiger partial charge in [0.15, 0.2) is 0 Å². The van der Waals surface area contributed by atoms with Gasteiger partial charge in [0.25, 0.3) is 0 Å². The SMILES string of the molecule is Cc1cccc(C(N)C2CCCC2)c1. The Morgan fingerprint density at radius 1 is 1.29 bits per heavy atom. The maximum Gasteiger partial charge on any atom is 0.0323 e. The predicted molar refractivity (Wildman–Crippen MR) is 60.1 cm³/mol. The average molecular weight is 189 g/mol. The first-order chi connectivity index (χ1) is 6.77. The van der Waals surface area contributed by atoms with E-state index >= 15 is 0 Å². The highest BCUT2D eigenvalue weighted by Crippen LogP contribution is 2.34. The smallest absolute Gasteiger partial charge is 0.0323 e. The largest absolute Gasteiger partial charge is 0.324 e. The number of hydrogen-bond acceptors (Lipinski definition) is 1. The van der Waals surface area contributed by atoms with Gasteiger partial charge in [-0.15, -0.1) is 0 Å². The highest BCUT2D eigenvalue weighted by atomic mass is 14.7. The molecule has 0 heterocycles. The molecule has 0 aliphatic heterocycles. The molecule has 76 valence electrons. The maximum atomic E-state index is 6.27.